The summed E-state index contributed by atoms with van der Waals surface area (Å²) < 4.78 is 2.28. The van der Waals surface area contributed by atoms with E-state index in [1.165, 1.54) is 51.9 Å². The number of carbonyl (C=O) groups is 1. The van der Waals surface area contributed by atoms with E-state index in [0.29, 0.717) is 16.4 Å². The highest BCUT2D eigenvalue weighted by atomic mass is 32.1. The SMILES string of the molecule is CCCC1CCc2nc(NC(=O)C(C)(O)Cn3ccc4sccc4c3=O)sc2C1. The van der Waals surface area contributed by atoms with Crippen LogP contribution in [0.5, 0.6) is 0 Å². The minimum Gasteiger partial charge on any atom is -0.378 e. The van der Waals surface area contributed by atoms with Gasteiger partial charge in [-0.25, -0.2) is 4.98 Å². The lowest BCUT2D eigenvalue weighted by molar-refractivity contribution is -0.133. The molecule has 0 aliphatic heterocycles. The number of nitrogens with zero attached hydrogens (tertiary/aromatic N) is 2. The number of pyridine rings is 1. The van der Waals surface area contributed by atoms with Crippen LogP contribution in [0.3, 0.4) is 0 Å². The molecule has 6 nitrogen and oxygen atoms in total. The molecular formula is C21H25N3O3S2. The topological polar surface area (TPSA) is 84.2 Å². The Balaban J connectivity index is 1.47. The molecule has 0 aromatic carbocycles. The molecule has 2 atom stereocenters. The average molecular weight is 432 g/mol. The van der Waals surface area contributed by atoms with Crippen molar-refractivity contribution in [2.24, 2.45) is 5.92 Å². The third-order valence-corrected chi connectivity index (χ3v) is 7.44. The zero-order valence-electron chi connectivity index (χ0n) is 16.6. The number of aliphatic hydroxyl groups is 1. The van der Waals surface area contributed by atoms with E-state index < -0.39 is 11.5 Å². The maximum absolute atomic E-state index is 12.7. The van der Waals surface area contributed by atoms with Crippen molar-refractivity contribution < 1.29 is 9.90 Å². The van der Waals surface area contributed by atoms with Crippen molar-refractivity contribution >= 4 is 43.8 Å². The lowest BCUT2D eigenvalue weighted by atomic mass is 9.88. The third kappa shape index (κ3) is 4.15. The summed E-state index contributed by atoms with van der Waals surface area (Å²) in [6.45, 7) is 3.52. The van der Waals surface area contributed by atoms with Gasteiger partial charge >= 0.3 is 0 Å². The number of carbonyl (C=O) groups excluding carboxylic acids is 1. The van der Waals surface area contributed by atoms with E-state index in [1.807, 2.05) is 11.4 Å². The Morgan fingerprint density at radius 1 is 1.45 bits per heavy atom. The van der Waals surface area contributed by atoms with Gasteiger partial charge in [-0.2, -0.15) is 0 Å². The largest absolute Gasteiger partial charge is 0.378 e. The second-order valence-electron chi connectivity index (χ2n) is 7.96. The van der Waals surface area contributed by atoms with Crippen LogP contribution in [-0.4, -0.2) is 26.2 Å². The molecule has 0 saturated carbocycles. The molecule has 1 amide bonds. The second kappa shape index (κ2) is 8.01. The lowest BCUT2D eigenvalue weighted by Gasteiger charge is -2.22. The van der Waals surface area contributed by atoms with Crippen LogP contribution in [0.2, 0.25) is 0 Å². The molecule has 3 aromatic heterocycles. The summed E-state index contributed by atoms with van der Waals surface area (Å²) in [5, 5.41) is 16.5. The van der Waals surface area contributed by atoms with Crippen molar-refractivity contribution in [3.05, 3.63) is 44.6 Å². The van der Waals surface area contributed by atoms with Gasteiger partial charge in [0.25, 0.3) is 11.5 Å². The molecule has 3 heterocycles. The van der Waals surface area contributed by atoms with E-state index in [9.17, 15) is 14.7 Å². The monoisotopic (exact) mass is 431 g/mol. The molecule has 8 heteroatoms. The van der Waals surface area contributed by atoms with Crippen LogP contribution in [-0.2, 0) is 24.2 Å². The van der Waals surface area contributed by atoms with Crippen molar-refractivity contribution in [1.82, 2.24) is 9.55 Å². The molecule has 4 rings (SSSR count). The van der Waals surface area contributed by atoms with Crippen molar-refractivity contribution in [3.63, 3.8) is 0 Å². The molecule has 2 N–H and O–H groups in total. The number of thiazole rings is 1. The summed E-state index contributed by atoms with van der Waals surface area (Å²) in [6.07, 6.45) is 7.13. The smallest absolute Gasteiger partial charge is 0.259 e. The van der Waals surface area contributed by atoms with Gasteiger partial charge in [0.15, 0.2) is 10.7 Å². The fraction of sp³-hybridized carbons (Fsp3) is 0.476. The Bertz CT molecular complexity index is 1100. The van der Waals surface area contributed by atoms with Gasteiger partial charge in [0.2, 0.25) is 0 Å². The fourth-order valence-electron chi connectivity index (χ4n) is 3.92. The number of rotatable bonds is 6. The van der Waals surface area contributed by atoms with Crippen molar-refractivity contribution in [2.75, 3.05) is 5.32 Å². The first-order valence-corrected chi connectivity index (χ1v) is 11.7. The van der Waals surface area contributed by atoms with Gasteiger partial charge in [-0.1, -0.05) is 19.8 Å². The third-order valence-electron chi connectivity index (χ3n) is 5.52. The van der Waals surface area contributed by atoms with Crippen LogP contribution >= 0.6 is 22.7 Å². The minimum absolute atomic E-state index is 0.118. The summed E-state index contributed by atoms with van der Waals surface area (Å²) in [5.41, 5.74) is -0.871. The van der Waals surface area contributed by atoms with Crippen LogP contribution < -0.4 is 10.9 Å². The molecule has 1 aliphatic carbocycles. The highest BCUT2D eigenvalue weighted by Gasteiger charge is 2.33. The van der Waals surface area contributed by atoms with Crippen LogP contribution in [0.1, 0.15) is 43.7 Å². The Labute approximate surface area is 177 Å². The lowest BCUT2D eigenvalue weighted by Crippen LogP contribution is -2.45. The number of fused-ring (bicyclic) bond motifs is 2. The van der Waals surface area contributed by atoms with E-state index in [1.54, 1.807) is 12.3 Å². The summed E-state index contributed by atoms with van der Waals surface area (Å²) >= 11 is 2.99. The van der Waals surface area contributed by atoms with E-state index in [0.717, 1.165) is 29.7 Å². The van der Waals surface area contributed by atoms with E-state index in [2.05, 4.69) is 17.2 Å². The van der Waals surface area contributed by atoms with Crippen LogP contribution in [0.25, 0.3) is 10.1 Å². The summed E-state index contributed by atoms with van der Waals surface area (Å²) in [5.74, 6) is 0.143. The van der Waals surface area contributed by atoms with Crippen molar-refractivity contribution in [1.29, 1.82) is 0 Å². The first-order valence-electron chi connectivity index (χ1n) is 9.96. The highest BCUT2D eigenvalue weighted by Crippen LogP contribution is 2.34. The number of nitrogens with one attached hydrogen (secondary N) is 1. The van der Waals surface area contributed by atoms with Gasteiger partial charge < -0.3 is 9.67 Å². The number of hydrogen-bond acceptors (Lipinski definition) is 6. The Kier molecular flexibility index (Phi) is 5.59. The van der Waals surface area contributed by atoms with E-state index in [4.69, 9.17) is 0 Å². The zero-order chi connectivity index (χ0) is 20.6. The maximum atomic E-state index is 12.7. The Hall–Kier alpha value is -2.03. The van der Waals surface area contributed by atoms with Gasteiger partial charge in [-0.05, 0) is 49.6 Å². The number of hydrogen-bond donors (Lipinski definition) is 2. The average Bonchev–Trinajstić information content (AvgIpc) is 3.30. The predicted octanol–water partition coefficient (Wildman–Crippen LogP) is 3.81. The highest BCUT2D eigenvalue weighted by molar-refractivity contribution is 7.17. The number of amides is 1. The van der Waals surface area contributed by atoms with E-state index >= 15 is 0 Å². The van der Waals surface area contributed by atoms with Crippen LogP contribution in [0.15, 0.2) is 28.5 Å². The Morgan fingerprint density at radius 3 is 3.07 bits per heavy atom. The maximum Gasteiger partial charge on any atom is 0.259 e. The standard InChI is InChI=1S/C21H25N3O3S2/c1-3-4-13-5-6-15-17(11-13)29-20(22-15)23-19(26)21(2,27)12-24-9-7-16-14(18(24)25)8-10-28-16/h7-10,13,27H,3-6,11-12H2,1-2H3,(H,22,23,26). The number of aromatic nitrogens is 2. The second-order valence-corrected chi connectivity index (χ2v) is 9.99. The normalized spacial score (nSPS) is 18.4. The molecule has 29 heavy (non-hydrogen) atoms. The molecular weight excluding hydrogens is 406 g/mol. The molecule has 154 valence electrons. The van der Waals surface area contributed by atoms with Crippen molar-refractivity contribution in [2.45, 2.75) is 58.1 Å². The van der Waals surface area contributed by atoms with Gasteiger partial charge in [-0.3, -0.25) is 14.9 Å². The summed E-state index contributed by atoms with van der Waals surface area (Å²) in [6, 6.07) is 3.59. The van der Waals surface area contributed by atoms with Gasteiger partial charge in [0, 0.05) is 15.8 Å². The minimum atomic E-state index is -1.73. The van der Waals surface area contributed by atoms with Gasteiger partial charge in [0.1, 0.15) is 0 Å². The summed E-state index contributed by atoms with van der Waals surface area (Å²) in [4.78, 5) is 31.1. The zero-order valence-corrected chi connectivity index (χ0v) is 18.2. The molecule has 0 radical (unpaired) electrons. The quantitative estimate of drug-likeness (QED) is 0.622. The molecule has 0 spiro atoms. The predicted molar refractivity (Wildman–Crippen MR) is 118 cm³/mol. The van der Waals surface area contributed by atoms with Gasteiger partial charge in [0.05, 0.1) is 17.6 Å². The molecule has 0 fully saturated rings. The number of anilines is 1. The Morgan fingerprint density at radius 2 is 2.28 bits per heavy atom. The van der Waals surface area contributed by atoms with E-state index in [-0.39, 0.29) is 12.1 Å². The number of aryl methyl sites for hydroxylation is 1. The molecule has 2 unspecified atom stereocenters. The molecule has 1 aliphatic rings. The molecule has 0 saturated heterocycles. The van der Waals surface area contributed by atoms with Crippen LogP contribution in [0, 0.1) is 5.92 Å². The molecule has 0 bridgehead atoms. The molecule has 3 aromatic rings. The first-order chi connectivity index (χ1) is 13.9. The first kappa shape index (κ1) is 20.3. The van der Waals surface area contributed by atoms with Crippen LogP contribution in [0.4, 0.5) is 5.13 Å². The van der Waals surface area contributed by atoms with Crippen molar-refractivity contribution in [3.8, 4) is 0 Å². The number of thiophene rings is 1. The summed E-state index contributed by atoms with van der Waals surface area (Å²) in [7, 11) is 0. The fourth-order valence-corrected chi connectivity index (χ4v) is 5.81. The van der Waals surface area contributed by atoms with Gasteiger partial charge in [-0.15, -0.1) is 22.7 Å².